The first-order chi connectivity index (χ1) is 9.08. The Morgan fingerprint density at radius 3 is 2.32 bits per heavy atom. The lowest BCUT2D eigenvalue weighted by atomic mass is 10.0. The second-order valence-corrected chi connectivity index (χ2v) is 5.18. The van der Waals surface area contributed by atoms with Crippen molar-refractivity contribution in [2.75, 3.05) is 0 Å². The van der Waals surface area contributed by atoms with Crippen LogP contribution in [0.3, 0.4) is 0 Å². The molecular formula is C15H10BrClO2. The summed E-state index contributed by atoms with van der Waals surface area (Å²) in [7, 11) is 0. The molecule has 0 unspecified atom stereocenters. The monoisotopic (exact) mass is 336 g/mol. The van der Waals surface area contributed by atoms with E-state index in [-0.39, 0.29) is 5.57 Å². The van der Waals surface area contributed by atoms with Crippen molar-refractivity contribution in [1.29, 1.82) is 0 Å². The average Bonchev–Trinajstić information content (AvgIpc) is 2.39. The number of hydrogen-bond donors (Lipinski definition) is 1. The molecule has 0 saturated heterocycles. The van der Waals surface area contributed by atoms with Crippen LogP contribution < -0.4 is 0 Å². The van der Waals surface area contributed by atoms with E-state index < -0.39 is 5.97 Å². The Bertz CT molecular complexity index is 633. The molecule has 0 fully saturated rings. The zero-order valence-electron chi connectivity index (χ0n) is 9.81. The maximum atomic E-state index is 11.4. The maximum absolute atomic E-state index is 11.4. The van der Waals surface area contributed by atoms with Crippen molar-refractivity contribution >= 4 is 45.1 Å². The smallest absolute Gasteiger partial charge is 0.336 e. The van der Waals surface area contributed by atoms with Crippen LogP contribution in [0.15, 0.2) is 53.0 Å². The zero-order chi connectivity index (χ0) is 13.8. The predicted octanol–water partition coefficient (Wildman–Crippen LogP) is 4.73. The molecule has 0 aliphatic carbocycles. The van der Waals surface area contributed by atoms with E-state index in [1.807, 2.05) is 24.3 Å². The van der Waals surface area contributed by atoms with E-state index in [2.05, 4.69) is 15.9 Å². The van der Waals surface area contributed by atoms with Crippen LogP contribution >= 0.6 is 27.5 Å². The van der Waals surface area contributed by atoms with Gasteiger partial charge in [0.15, 0.2) is 0 Å². The third-order valence-electron chi connectivity index (χ3n) is 2.59. The van der Waals surface area contributed by atoms with Crippen LogP contribution in [0.5, 0.6) is 0 Å². The minimum Gasteiger partial charge on any atom is -0.478 e. The number of hydrogen-bond acceptors (Lipinski definition) is 1. The van der Waals surface area contributed by atoms with Crippen molar-refractivity contribution in [3.8, 4) is 0 Å². The van der Waals surface area contributed by atoms with Crippen molar-refractivity contribution in [1.82, 2.24) is 0 Å². The van der Waals surface area contributed by atoms with Crippen molar-refractivity contribution in [2.24, 2.45) is 0 Å². The quantitative estimate of drug-likeness (QED) is 0.649. The Balaban J connectivity index is 2.50. The highest BCUT2D eigenvalue weighted by Gasteiger charge is 2.11. The standard InChI is InChI=1S/C15H10BrClO2/c16-14-4-2-1-3-11(14)9-13(15(18)19)10-5-7-12(17)8-6-10/h1-9H,(H,18,19)/b13-9-. The van der Waals surface area contributed by atoms with Crippen LogP contribution in [-0.2, 0) is 4.79 Å². The molecule has 0 aliphatic rings. The molecule has 4 heteroatoms. The predicted molar refractivity (Wildman–Crippen MR) is 81.1 cm³/mol. The minimum absolute atomic E-state index is 0.226. The fourth-order valence-corrected chi connectivity index (χ4v) is 2.17. The molecule has 0 atom stereocenters. The molecule has 1 N–H and O–H groups in total. The third-order valence-corrected chi connectivity index (χ3v) is 3.56. The van der Waals surface area contributed by atoms with Crippen LogP contribution in [0.4, 0.5) is 0 Å². The van der Waals surface area contributed by atoms with Gasteiger partial charge in [0, 0.05) is 9.50 Å². The molecule has 0 spiro atoms. The fraction of sp³-hybridized carbons (Fsp3) is 0. The van der Waals surface area contributed by atoms with Crippen LogP contribution in [0.2, 0.25) is 5.02 Å². The number of carboxylic acids is 1. The number of halogens is 2. The van der Waals surface area contributed by atoms with Crippen LogP contribution in [0, 0.1) is 0 Å². The van der Waals surface area contributed by atoms with E-state index in [1.54, 1.807) is 30.3 Å². The summed E-state index contributed by atoms with van der Waals surface area (Å²) in [4.78, 5) is 11.4. The Kier molecular flexibility index (Phi) is 4.40. The molecule has 19 heavy (non-hydrogen) atoms. The average molecular weight is 338 g/mol. The maximum Gasteiger partial charge on any atom is 0.336 e. The first kappa shape index (κ1) is 13.8. The van der Waals surface area contributed by atoms with E-state index in [0.717, 1.165) is 10.0 Å². The minimum atomic E-state index is -0.974. The molecule has 0 aromatic heterocycles. The van der Waals surface area contributed by atoms with Gasteiger partial charge in [-0.1, -0.05) is 57.9 Å². The number of rotatable bonds is 3. The van der Waals surface area contributed by atoms with Gasteiger partial charge in [-0.05, 0) is 35.4 Å². The molecular weight excluding hydrogens is 328 g/mol. The summed E-state index contributed by atoms with van der Waals surface area (Å²) in [6.07, 6.45) is 1.63. The van der Waals surface area contributed by atoms with Gasteiger partial charge in [-0.2, -0.15) is 0 Å². The number of carboxylic acid groups (broad SMARTS) is 1. The van der Waals surface area contributed by atoms with Gasteiger partial charge in [0.1, 0.15) is 0 Å². The lowest BCUT2D eigenvalue weighted by molar-refractivity contribution is -0.130. The van der Waals surface area contributed by atoms with Gasteiger partial charge in [0.05, 0.1) is 5.57 Å². The topological polar surface area (TPSA) is 37.3 Å². The lowest BCUT2D eigenvalue weighted by Gasteiger charge is -2.04. The molecule has 2 rings (SSSR count). The summed E-state index contributed by atoms with van der Waals surface area (Å²) >= 11 is 9.21. The highest BCUT2D eigenvalue weighted by Crippen LogP contribution is 2.24. The molecule has 0 heterocycles. The normalized spacial score (nSPS) is 11.4. The van der Waals surface area contributed by atoms with E-state index in [9.17, 15) is 9.90 Å². The molecule has 0 aliphatic heterocycles. The van der Waals surface area contributed by atoms with E-state index in [4.69, 9.17) is 11.6 Å². The van der Waals surface area contributed by atoms with Crippen LogP contribution in [-0.4, -0.2) is 11.1 Å². The van der Waals surface area contributed by atoms with E-state index in [0.29, 0.717) is 10.6 Å². The Morgan fingerprint density at radius 1 is 1.11 bits per heavy atom. The Hall–Kier alpha value is -1.58. The highest BCUT2D eigenvalue weighted by molar-refractivity contribution is 9.10. The van der Waals surface area contributed by atoms with Crippen LogP contribution in [0.1, 0.15) is 11.1 Å². The molecule has 2 aromatic carbocycles. The van der Waals surface area contributed by atoms with Gasteiger partial charge in [-0.3, -0.25) is 0 Å². The van der Waals surface area contributed by atoms with Gasteiger partial charge < -0.3 is 5.11 Å². The highest BCUT2D eigenvalue weighted by atomic mass is 79.9. The van der Waals surface area contributed by atoms with Gasteiger partial charge in [-0.25, -0.2) is 4.79 Å². The molecule has 0 amide bonds. The summed E-state index contributed by atoms with van der Waals surface area (Å²) in [6.45, 7) is 0. The second-order valence-electron chi connectivity index (χ2n) is 3.89. The Morgan fingerprint density at radius 2 is 1.74 bits per heavy atom. The second kappa shape index (κ2) is 6.04. The molecule has 96 valence electrons. The summed E-state index contributed by atoms with van der Waals surface area (Å²) in [5.41, 5.74) is 1.66. The summed E-state index contributed by atoms with van der Waals surface area (Å²) in [5, 5.41) is 9.91. The van der Waals surface area contributed by atoms with Crippen molar-refractivity contribution in [3.63, 3.8) is 0 Å². The van der Waals surface area contributed by atoms with Crippen LogP contribution in [0.25, 0.3) is 11.6 Å². The van der Waals surface area contributed by atoms with Gasteiger partial charge in [0.2, 0.25) is 0 Å². The fourth-order valence-electron chi connectivity index (χ4n) is 1.65. The van der Waals surface area contributed by atoms with Crippen molar-refractivity contribution in [2.45, 2.75) is 0 Å². The molecule has 2 nitrogen and oxygen atoms in total. The lowest BCUT2D eigenvalue weighted by Crippen LogP contribution is -1.99. The summed E-state index contributed by atoms with van der Waals surface area (Å²) < 4.78 is 0.850. The number of carbonyl (C=O) groups is 1. The molecule has 0 saturated carbocycles. The van der Waals surface area contributed by atoms with Gasteiger partial charge in [0.25, 0.3) is 0 Å². The Labute approximate surface area is 124 Å². The first-order valence-electron chi connectivity index (χ1n) is 5.53. The third kappa shape index (κ3) is 3.46. The van der Waals surface area contributed by atoms with Gasteiger partial charge >= 0.3 is 5.97 Å². The number of aliphatic carboxylic acids is 1. The summed E-state index contributed by atoms with van der Waals surface area (Å²) in [5.74, 6) is -0.974. The van der Waals surface area contributed by atoms with Crippen molar-refractivity contribution < 1.29 is 9.90 Å². The summed E-state index contributed by atoms with van der Waals surface area (Å²) in [6, 6.07) is 14.2. The molecule has 0 bridgehead atoms. The zero-order valence-corrected chi connectivity index (χ0v) is 12.1. The van der Waals surface area contributed by atoms with Crippen molar-refractivity contribution in [3.05, 3.63) is 69.2 Å². The largest absolute Gasteiger partial charge is 0.478 e. The SMILES string of the molecule is O=C(O)/C(=C\c1ccccc1Br)c1ccc(Cl)cc1. The van der Waals surface area contributed by atoms with E-state index >= 15 is 0 Å². The van der Waals surface area contributed by atoms with E-state index in [1.165, 1.54) is 0 Å². The van der Waals surface area contributed by atoms with Gasteiger partial charge in [-0.15, -0.1) is 0 Å². The molecule has 0 radical (unpaired) electrons. The first-order valence-corrected chi connectivity index (χ1v) is 6.70. The number of benzene rings is 2. The molecule has 2 aromatic rings.